The zero-order valence-electron chi connectivity index (χ0n) is 8.30. The SMILES string of the molecule is [2H]C([2H])([2H])n1nc(CBr)c(Br)c1[N+]#[C-]. The Labute approximate surface area is 85.7 Å². The van der Waals surface area contributed by atoms with Gasteiger partial charge >= 0.3 is 0 Å². The lowest BCUT2D eigenvalue weighted by atomic mass is 10.5. The minimum absolute atomic E-state index is 0.000509. The van der Waals surface area contributed by atoms with Crippen molar-refractivity contribution in [1.29, 1.82) is 0 Å². The molecule has 5 heteroatoms. The summed E-state index contributed by atoms with van der Waals surface area (Å²) in [6.07, 6.45) is 0. The van der Waals surface area contributed by atoms with E-state index in [1.807, 2.05) is 0 Å². The van der Waals surface area contributed by atoms with Gasteiger partial charge in [0.1, 0.15) is 0 Å². The van der Waals surface area contributed by atoms with Gasteiger partial charge in [-0.1, -0.05) is 38.4 Å². The molecule has 1 heterocycles. The Bertz CT molecular complexity index is 390. The smallest absolute Gasteiger partial charge is 0.266 e. The van der Waals surface area contributed by atoms with Crippen molar-refractivity contribution in [2.75, 3.05) is 0 Å². The van der Waals surface area contributed by atoms with Gasteiger partial charge in [-0.15, -0.1) is 5.10 Å². The van der Waals surface area contributed by atoms with Crippen LogP contribution >= 0.6 is 31.9 Å². The number of halogens is 2. The van der Waals surface area contributed by atoms with Crippen LogP contribution < -0.4 is 0 Å². The number of rotatable bonds is 1. The first-order chi connectivity index (χ1) is 6.41. The van der Waals surface area contributed by atoms with E-state index >= 15 is 0 Å². The van der Waals surface area contributed by atoms with Gasteiger partial charge in [0.15, 0.2) is 0 Å². The predicted octanol–water partition coefficient (Wildman–Crippen LogP) is 2.63. The predicted molar refractivity (Wildman–Crippen MR) is 49.8 cm³/mol. The molecular weight excluding hydrogens is 274 g/mol. The first-order valence-electron chi connectivity index (χ1n) is 4.13. The van der Waals surface area contributed by atoms with Crippen LogP contribution in [0.3, 0.4) is 0 Å². The van der Waals surface area contributed by atoms with Gasteiger partial charge in [-0.3, -0.25) is 0 Å². The summed E-state index contributed by atoms with van der Waals surface area (Å²) in [4.78, 5) is 3.13. The first-order valence-corrected chi connectivity index (χ1v) is 4.54. The molecular formula is C6H5Br2N3. The van der Waals surface area contributed by atoms with Gasteiger partial charge in [-0.2, -0.15) is 4.68 Å². The van der Waals surface area contributed by atoms with Gasteiger partial charge in [0.2, 0.25) is 0 Å². The lowest BCUT2D eigenvalue weighted by Crippen LogP contribution is -1.88. The van der Waals surface area contributed by atoms with Crippen molar-refractivity contribution in [1.82, 2.24) is 9.78 Å². The Morgan fingerprint density at radius 3 is 3.00 bits per heavy atom. The van der Waals surface area contributed by atoms with Crippen molar-refractivity contribution < 1.29 is 4.11 Å². The Kier molecular flexibility index (Phi) is 1.63. The lowest BCUT2D eigenvalue weighted by molar-refractivity contribution is 0.769. The highest BCUT2D eigenvalue weighted by Gasteiger charge is 2.12. The number of hydrogen-bond donors (Lipinski definition) is 0. The zero-order chi connectivity index (χ0) is 10.9. The van der Waals surface area contributed by atoms with Gasteiger partial charge in [-0.25, -0.2) is 0 Å². The highest BCUT2D eigenvalue weighted by atomic mass is 79.9. The molecule has 0 radical (unpaired) electrons. The van der Waals surface area contributed by atoms with E-state index in [2.05, 4.69) is 41.8 Å². The van der Waals surface area contributed by atoms with Crippen LogP contribution in [0.5, 0.6) is 0 Å². The normalized spacial score (nSPS) is 14.8. The Balaban J connectivity index is 3.39. The van der Waals surface area contributed by atoms with Crippen LogP contribution in [-0.4, -0.2) is 9.78 Å². The van der Waals surface area contributed by atoms with Crippen LogP contribution in [0.15, 0.2) is 4.47 Å². The highest BCUT2D eigenvalue weighted by molar-refractivity contribution is 9.11. The second-order valence-electron chi connectivity index (χ2n) is 1.74. The molecule has 0 aliphatic heterocycles. The summed E-state index contributed by atoms with van der Waals surface area (Å²) >= 11 is 6.30. The molecule has 0 aromatic carbocycles. The van der Waals surface area contributed by atoms with Crippen molar-refractivity contribution in [3.63, 3.8) is 0 Å². The molecule has 0 unspecified atom stereocenters. The molecule has 0 bridgehead atoms. The van der Waals surface area contributed by atoms with E-state index in [0.717, 1.165) is 4.68 Å². The van der Waals surface area contributed by atoms with Crippen molar-refractivity contribution in [2.24, 2.45) is 6.98 Å². The van der Waals surface area contributed by atoms with E-state index < -0.39 is 6.98 Å². The fourth-order valence-corrected chi connectivity index (χ4v) is 1.86. The maximum absolute atomic E-state index is 7.16. The van der Waals surface area contributed by atoms with Crippen LogP contribution in [0.25, 0.3) is 4.85 Å². The molecule has 1 aromatic heterocycles. The van der Waals surface area contributed by atoms with Gasteiger partial charge in [0, 0.05) is 5.33 Å². The minimum Gasteiger partial charge on any atom is -0.361 e. The van der Waals surface area contributed by atoms with Crippen LogP contribution in [-0.2, 0) is 12.3 Å². The molecule has 0 amide bonds. The summed E-state index contributed by atoms with van der Waals surface area (Å²) in [5.41, 5.74) is 0.507. The Morgan fingerprint density at radius 2 is 2.64 bits per heavy atom. The fourth-order valence-electron chi connectivity index (χ4n) is 0.616. The Hall–Kier alpha value is -0.340. The quantitative estimate of drug-likeness (QED) is 0.573. The summed E-state index contributed by atoms with van der Waals surface area (Å²) in [6.45, 7) is 4.45. The summed E-state index contributed by atoms with van der Waals surface area (Å²) in [6, 6.07) is 0. The summed E-state index contributed by atoms with van der Waals surface area (Å²) in [5.74, 6) is -0.000509. The average Bonchev–Trinajstić information content (AvgIpc) is 2.41. The van der Waals surface area contributed by atoms with Crippen LogP contribution in [0.4, 0.5) is 5.82 Å². The molecule has 0 fully saturated rings. The van der Waals surface area contributed by atoms with Crippen LogP contribution in [0.2, 0.25) is 0 Å². The molecule has 1 aromatic rings. The van der Waals surface area contributed by atoms with E-state index in [4.69, 9.17) is 10.7 Å². The average molecular weight is 282 g/mol. The number of aryl methyl sites for hydroxylation is 1. The van der Waals surface area contributed by atoms with Crippen molar-refractivity contribution in [3.05, 3.63) is 21.6 Å². The van der Waals surface area contributed by atoms with Crippen molar-refractivity contribution in [2.45, 2.75) is 5.33 Å². The van der Waals surface area contributed by atoms with Gasteiger partial charge < -0.3 is 4.85 Å². The molecule has 0 spiro atoms. The summed E-state index contributed by atoms with van der Waals surface area (Å²) in [5, 5.41) is 4.22. The topological polar surface area (TPSA) is 22.2 Å². The molecule has 58 valence electrons. The van der Waals surface area contributed by atoms with Crippen LogP contribution in [0.1, 0.15) is 9.81 Å². The van der Waals surface area contributed by atoms with Crippen LogP contribution in [0, 0.1) is 6.57 Å². The second-order valence-corrected chi connectivity index (χ2v) is 3.10. The van der Waals surface area contributed by atoms with Gasteiger partial charge in [0.05, 0.1) is 21.3 Å². The molecule has 0 saturated heterocycles. The molecule has 11 heavy (non-hydrogen) atoms. The molecule has 0 aliphatic carbocycles. The maximum atomic E-state index is 7.16. The lowest BCUT2D eigenvalue weighted by Gasteiger charge is -1.87. The monoisotopic (exact) mass is 280 g/mol. The minimum atomic E-state index is -2.41. The third-order valence-electron chi connectivity index (χ3n) is 1.10. The molecule has 0 saturated carbocycles. The van der Waals surface area contributed by atoms with Crippen molar-refractivity contribution >= 4 is 37.7 Å². The standard InChI is InChI=1S/C6H5Br2N3/c1-9-6-5(8)4(3-7)10-11(6)2/h3H2,2H3/i2D3. The molecule has 0 aliphatic rings. The summed E-state index contributed by atoms with van der Waals surface area (Å²) < 4.78 is 22.7. The highest BCUT2D eigenvalue weighted by Crippen LogP contribution is 2.29. The first kappa shape index (κ1) is 5.33. The number of alkyl halides is 1. The molecule has 3 nitrogen and oxygen atoms in total. The fraction of sp³-hybridized carbons (Fsp3) is 0.333. The third-order valence-corrected chi connectivity index (χ3v) is 2.45. The molecule has 1 rings (SSSR count). The van der Waals surface area contributed by atoms with E-state index in [0.29, 0.717) is 15.5 Å². The number of aromatic nitrogens is 2. The van der Waals surface area contributed by atoms with E-state index in [-0.39, 0.29) is 5.82 Å². The second kappa shape index (κ2) is 3.37. The molecule has 0 N–H and O–H groups in total. The number of nitrogens with zero attached hydrogens (tertiary/aromatic N) is 3. The van der Waals surface area contributed by atoms with Crippen molar-refractivity contribution in [3.8, 4) is 0 Å². The van der Waals surface area contributed by atoms with Gasteiger partial charge in [0.25, 0.3) is 5.82 Å². The largest absolute Gasteiger partial charge is 0.361 e. The van der Waals surface area contributed by atoms with E-state index in [1.165, 1.54) is 0 Å². The summed E-state index contributed by atoms with van der Waals surface area (Å²) in [7, 11) is 0. The van der Waals surface area contributed by atoms with E-state index in [9.17, 15) is 0 Å². The Morgan fingerprint density at radius 1 is 1.91 bits per heavy atom. The third kappa shape index (κ3) is 1.47. The zero-order valence-corrected chi connectivity index (χ0v) is 8.48. The maximum Gasteiger partial charge on any atom is 0.266 e. The van der Waals surface area contributed by atoms with E-state index in [1.54, 1.807) is 0 Å². The molecule has 0 atom stereocenters. The van der Waals surface area contributed by atoms with Gasteiger partial charge in [-0.05, 0) is 0 Å². The number of hydrogen-bond acceptors (Lipinski definition) is 1.